The first-order valence-electron chi connectivity index (χ1n) is 9.86. The fourth-order valence-corrected chi connectivity index (χ4v) is 4.70. The number of hydrogen-bond donors (Lipinski definition) is 2. The number of benzene rings is 2. The van der Waals surface area contributed by atoms with Crippen LogP contribution in [-0.2, 0) is 12.8 Å². The molecule has 6 heteroatoms. The van der Waals surface area contributed by atoms with E-state index in [1.807, 2.05) is 0 Å². The van der Waals surface area contributed by atoms with Crippen LogP contribution < -0.4 is 29.6 Å². The lowest BCUT2D eigenvalue weighted by Gasteiger charge is -2.33. The van der Waals surface area contributed by atoms with Crippen LogP contribution >= 0.6 is 0 Å². The van der Waals surface area contributed by atoms with E-state index >= 15 is 0 Å². The van der Waals surface area contributed by atoms with Gasteiger partial charge >= 0.3 is 0 Å². The molecule has 0 aromatic heterocycles. The topological polar surface area (TPSA) is 70.1 Å². The number of quaternary nitrogens is 2. The van der Waals surface area contributed by atoms with Gasteiger partial charge in [0.2, 0.25) is 0 Å². The highest BCUT2D eigenvalue weighted by Crippen LogP contribution is 2.40. The zero-order valence-electron chi connectivity index (χ0n) is 17.1. The smallest absolute Gasteiger partial charge is 0.169 e. The molecule has 2 aromatic carbocycles. The zero-order chi connectivity index (χ0) is 19.7. The van der Waals surface area contributed by atoms with Gasteiger partial charge < -0.3 is 29.6 Å². The van der Waals surface area contributed by atoms with E-state index in [9.17, 15) is 0 Å². The predicted octanol–water partition coefficient (Wildman–Crippen LogP) is 0.742. The Morgan fingerprint density at radius 2 is 0.964 bits per heavy atom. The molecule has 2 heterocycles. The summed E-state index contributed by atoms with van der Waals surface area (Å²) >= 11 is 0. The molecule has 0 bridgehead atoms. The van der Waals surface area contributed by atoms with Crippen molar-refractivity contribution in [2.45, 2.75) is 24.9 Å². The molecule has 0 spiro atoms. The third-order valence-electron chi connectivity index (χ3n) is 6.06. The molecule has 4 rings (SSSR count). The van der Waals surface area contributed by atoms with Crippen LogP contribution in [0.25, 0.3) is 0 Å². The van der Waals surface area contributed by atoms with Crippen LogP contribution in [0.4, 0.5) is 0 Å². The molecule has 2 aliphatic rings. The Balaban J connectivity index is 1.78. The summed E-state index contributed by atoms with van der Waals surface area (Å²) in [5, 5.41) is 4.92. The summed E-state index contributed by atoms with van der Waals surface area (Å²) < 4.78 is 22.2. The fourth-order valence-electron chi connectivity index (χ4n) is 4.70. The molecule has 2 aromatic rings. The maximum absolute atomic E-state index is 5.59. The molecule has 0 saturated heterocycles. The highest BCUT2D eigenvalue weighted by molar-refractivity contribution is 5.52. The van der Waals surface area contributed by atoms with Gasteiger partial charge in [-0.1, -0.05) is 0 Å². The van der Waals surface area contributed by atoms with Crippen LogP contribution in [0.5, 0.6) is 23.0 Å². The first kappa shape index (κ1) is 18.9. The SMILES string of the molecule is COc1cc2c(cc1OC)[C@H]([C@H]1[NH2+]CCc3cc(OC)c(OC)cc31)[NH2+]CC2. The van der Waals surface area contributed by atoms with Crippen molar-refractivity contribution in [1.82, 2.24) is 0 Å². The molecule has 6 nitrogen and oxygen atoms in total. The van der Waals surface area contributed by atoms with Crippen molar-refractivity contribution in [3.63, 3.8) is 0 Å². The maximum Gasteiger partial charge on any atom is 0.169 e. The Morgan fingerprint density at radius 1 is 0.607 bits per heavy atom. The Morgan fingerprint density at radius 3 is 1.32 bits per heavy atom. The first-order chi connectivity index (χ1) is 13.7. The lowest BCUT2D eigenvalue weighted by atomic mass is 9.82. The second-order valence-electron chi connectivity index (χ2n) is 7.41. The quantitative estimate of drug-likeness (QED) is 0.795. The minimum atomic E-state index is 0.320. The average Bonchev–Trinajstić information content (AvgIpc) is 2.76. The molecule has 150 valence electrons. The normalized spacial score (nSPS) is 20.7. The number of fused-ring (bicyclic) bond motifs is 2. The van der Waals surface area contributed by atoms with E-state index in [-0.39, 0.29) is 0 Å². The van der Waals surface area contributed by atoms with Gasteiger partial charge in [-0.25, -0.2) is 0 Å². The molecule has 4 N–H and O–H groups in total. The summed E-state index contributed by atoms with van der Waals surface area (Å²) in [6.07, 6.45) is 2.08. The van der Waals surface area contributed by atoms with Crippen LogP contribution in [0.2, 0.25) is 0 Å². The first-order valence-corrected chi connectivity index (χ1v) is 9.86. The van der Waals surface area contributed by atoms with Gasteiger partial charge in [0, 0.05) is 24.0 Å². The molecule has 0 unspecified atom stereocenters. The van der Waals surface area contributed by atoms with Gasteiger partial charge in [0.1, 0.15) is 0 Å². The molecule has 0 radical (unpaired) electrons. The van der Waals surface area contributed by atoms with Crippen molar-refractivity contribution in [1.29, 1.82) is 0 Å². The van der Waals surface area contributed by atoms with Gasteiger partial charge in [0.25, 0.3) is 0 Å². The summed E-state index contributed by atoms with van der Waals surface area (Å²) in [7, 11) is 6.79. The number of nitrogens with two attached hydrogens (primary N) is 2. The fraction of sp³-hybridized carbons (Fsp3) is 0.455. The molecular weight excluding hydrogens is 356 g/mol. The molecular formula is C22H30N2O4+2. The minimum absolute atomic E-state index is 0.320. The largest absolute Gasteiger partial charge is 0.493 e. The number of ether oxygens (including phenoxy) is 4. The monoisotopic (exact) mass is 386 g/mol. The lowest BCUT2D eigenvalue weighted by Crippen LogP contribution is -2.97. The van der Waals surface area contributed by atoms with E-state index in [0.717, 1.165) is 48.9 Å². The van der Waals surface area contributed by atoms with Gasteiger partial charge in [-0.15, -0.1) is 0 Å². The third-order valence-corrected chi connectivity index (χ3v) is 6.06. The molecule has 2 aliphatic heterocycles. The van der Waals surface area contributed by atoms with Crippen molar-refractivity contribution < 1.29 is 29.6 Å². The van der Waals surface area contributed by atoms with E-state index < -0.39 is 0 Å². The second-order valence-corrected chi connectivity index (χ2v) is 7.41. The molecule has 28 heavy (non-hydrogen) atoms. The lowest BCUT2D eigenvalue weighted by molar-refractivity contribution is -0.788. The summed E-state index contributed by atoms with van der Waals surface area (Å²) in [6, 6.07) is 9.26. The summed E-state index contributed by atoms with van der Waals surface area (Å²) in [4.78, 5) is 0. The van der Waals surface area contributed by atoms with Crippen molar-refractivity contribution in [3.8, 4) is 23.0 Å². The van der Waals surface area contributed by atoms with Crippen LogP contribution in [0.1, 0.15) is 34.3 Å². The van der Waals surface area contributed by atoms with Gasteiger partial charge in [-0.05, 0) is 35.4 Å². The maximum atomic E-state index is 5.59. The van der Waals surface area contributed by atoms with Crippen molar-refractivity contribution in [2.24, 2.45) is 0 Å². The highest BCUT2D eigenvalue weighted by atomic mass is 16.5. The van der Waals surface area contributed by atoms with Crippen LogP contribution in [0.15, 0.2) is 24.3 Å². The summed E-state index contributed by atoms with van der Waals surface area (Å²) in [5.74, 6) is 3.21. The number of methoxy groups -OCH3 is 4. The highest BCUT2D eigenvalue weighted by Gasteiger charge is 2.39. The Hall–Kier alpha value is -2.44. The number of rotatable bonds is 5. The molecule has 0 amide bonds. The Bertz CT molecular complexity index is 797. The Labute approximate surface area is 166 Å². The standard InChI is InChI=1S/C22H28N2O4/c1-25-17-9-13-5-7-23-21(15(13)11-19(17)27-3)22-16-12-20(28-4)18(26-2)10-14(16)6-8-24-22/h9-12,21-24H,5-8H2,1-4H3/p+2/t21-,22+. The van der Waals surface area contributed by atoms with E-state index in [4.69, 9.17) is 18.9 Å². The predicted molar refractivity (Wildman–Crippen MR) is 106 cm³/mol. The van der Waals surface area contributed by atoms with Crippen LogP contribution in [0, 0.1) is 0 Å². The average molecular weight is 386 g/mol. The van der Waals surface area contributed by atoms with E-state index in [1.165, 1.54) is 22.3 Å². The van der Waals surface area contributed by atoms with Gasteiger partial charge in [0.05, 0.1) is 41.5 Å². The minimum Gasteiger partial charge on any atom is -0.493 e. The van der Waals surface area contributed by atoms with E-state index in [1.54, 1.807) is 28.4 Å². The van der Waals surface area contributed by atoms with Gasteiger partial charge in [-0.2, -0.15) is 0 Å². The van der Waals surface area contributed by atoms with Crippen molar-refractivity contribution in [2.75, 3.05) is 41.5 Å². The van der Waals surface area contributed by atoms with Crippen LogP contribution in [-0.4, -0.2) is 41.5 Å². The summed E-state index contributed by atoms with van der Waals surface area (Å²) in [5.41, 5.74) is 5.39. The molecule has 0 fully saturated rings. The van der Waals surface area contributed by atoms with E-state index in [2.05, 4.69) is 34.9 Å². The zero-order valence-corrected chi connectivity index (χ0v) is 17.1. The van der Waals surface area contributed by atoms with Gasteiger partial charge in [0.15, 0.2) is 35.1 Å². The molecule has 0 saturated carbocycles. The molecule has 0 aliphatic carbocycles. The summed E-state index contributed by atoms with van der Waals surface area (Å²) in [6.45, 7) is 2.14. The van der Waals surface area contributed by atoms with Crippen molar-refractivity contribution in [3.05, 3.63) is 46.5 Å². The Kier molecular flexibility index (Phi) is 5.33. The van der Waals surface area contributed by atoms with Crippen LogP contribution in [0.3, 0.4) is 0 Å². The number of hydrogen-bond acceptors (Lipinski definition) is 4. The van der Waals surface area contributed by atoms with Crippen molar-refractivity contribution >= 4 is 0 Å². The third kappa shape index (κ3) is 3.16. The molecule has 2 atom stereocenters. The second kappa shape index (κ2) is 7.89. The van der Waals surface area contributed by atoms with E-state index in [0.29, 0.717) is 12.1 Å². The van der Waals surface area contributed by atoms with Gasteiger partial charge in [-0.3, -0.25) is 0 Å².